The molecule has 1 aliphatic heterocycles. The number of imide groups is 1. The normalized spacial score (nSPS) is 17.5. The Labute approximate surface area is 222 Å². The van der Waals surface area contributed by atoms with Crippen molar-refractivity contribution in [3.8, 4) is 0 Å². The van der Waals surface area contributed by atoms with Gasteiger partial charge in [0.25, 0.3) is 5.91 Å². The lowest BCUT2D eigenvalue weighted by molar-refractivity contribution is -0.148. The van der Waals surface area contributed by atoms with Gasteiger partial charge in [0.05, 0.1) is 16.8 Å². The van der Waals surface area contributed by atoms with Crippen molar-refractivity contribution in [2.75, 3.05) is 18.1 Å². The Kier molecular flexibility index (Phi) is 11.4. The standard InChI is InChI=1S/C25H30ClF4NO5S/c1-14(2)9-22(24(34)36-13-17-7-5-6-8-35-17)37-21-12-20(19(27)11-18(21)26)31(16(4)32)23(33)10-15(3)25(28,29)30/h10-12,14,17,22H,5-9,13H2,1-4H3/b15-10+. The molecule has 0 aromatic heterocycles. The van der Waals surface area contributed by atoms with Crippen LogP contribution >= 0.6 is 23.4 Å². The minimum Gasteiger partial charge on any atom is -0.462 e. The number of benzene rings is 1. The van der Waals surface area contributed by atoms with Crippen LogP contribution in [0.25, 0.3) is 0 Å². The van der Waals surface area contributed by atoms with Gasteiger partial charge in [-0.1, -0.05) is 25.4 Å². The molecule has 0 spiro atoms. The van der Waals surface area contributed by atoms with Gasteiger partial charge in [-0.2, -0.15) is 13.2 Å². The molecule has 1 saturated heterocycles. The number of carbonyl (C=O) groups excluding carboxylic acids is 3. The summed E-state index contributed by atoms with van der Waals surface area (Å²) in [6.45, 7) is 6.07. The molecular formula is C25H30ClF4NO5S. The molecule has 0 bridgehead atoms. The monoisotopic (exact) mass is 567 g/mol. The topological polar surface area (TPSA) is 72.9 Å². The highest BCUT2D eigenvalue weighted by molar-refractivity contribution is 8.00. The van der Waals surface area contributed by atoms with Crippen LogP contribution in [0.3, 0.4) is 0 Å². The fourth-order valence-electron chi connectivity index (χ4n) is 3.54. The summed E-state index contributed by atoms with van der Waals surface area (Å²) in [6.07, 6.45) is -1.69. The number of ether oxygens (including phenoxy) is 2. The van der Waals surface area contributed by atoms with Gasteiger partial charge in [0.15, 0.2) is 0 Å². The third-order valence-corrected chi connectivity index (χ3v) is 7.15. The van der Waals surface area contributed by atoms with Crippen molar-refractivity contribution >= 4 is 46.8 Å². The number of hydrogen-bond donors (Lipinski definition) is 0. The van der Waals surface area contributed by atoms with Crippen molar-refractivity contribution in [3.05, 3.63) is 34.6 Å². The van der Waals surface area contributed by atoms with Crippen LogP contribution < -0.4 is 4.90 Å². The van der Waals surface area contributed by atoms with Gasteiger partial charge in [0, 0.05) is 30.1 Å². The van der Waals surface area contributed by atoms with Gasteiger partial charge in [0.1, 0.15) is 17.7 Å². The molecule has 1 aromatic rings. The van der Waals surface area contributed by atoms with Crippen LogP contribution in [0, 0.1) is 11.7 Å². The first-order chi connectivity index (χ1) is 17.2. The summed E-state index contributed by atoms with van der Waals surface area (Å²) in [7, 11) is 0. The van der Waals surface area contributed by atoms with E-state index in [0.29, 0.717) is 24.9 Å². The quantitative estimate of drug-likeness (QED) is 0.147. The number of hydrogen-bond acceptors (Lipinski definition) is 6. The molecule has 206 valence electrons. The molecule has 37 heavy (non-hydrogen) atoms. The van der Waals surface area contributed by atoms with E-state index in [4.69, 9.17) is 21.1 Å². The van der Waals surface area contributed by atoms with E-state index >= 15 is 0 Å². The molecule has 2 unspecified atom stereocenters. The average Bonchev–Trinajstić information content (AvgIpc) is 2.79. The fraction of sp³-hybridized carbons (Fsp3) is 0.560. The molecule has 2 atom stereocenters. The molecule has 0 saturated carbocycles. The Bertz CT molecular complexity index is 1030. The Morgan fingerprint density at radius 1 is 1.24 bits per heavy atom. The van der Waals surface area contributed by atoms with E-state index in [0.717, 1.165) is 50.1 Å². The lowest BCUT2D eigenvalue weighted by Crippen LogP contribution is -2.35. The van der Waals surface area contributed by atoms with Crippen molar-refractivity contribution in [1.82, 2.24) is 0 Å². The molecule has 1 aromatic carbocycles. The molecule has 1 heterocycles. The maximum absolute atomic E-state index is 14.8. The van der Waals surface area contributed by atoms with E-state index in [9.17, 15) is 31.9 Å². The smallest absolute Gasteiger partial charge is 0.412 e. The summed E-state index contributed by atoms with van der Waals surface area (Å²) in [5.41, 5.74) is -1.84. The van der Waals surface area contributed by atoms with Crippen LogP contribution in [0.4, 0.5) is 23.2 Å². The predicted octanol–water partition coefficient (Wildman–Crippen LogP) is 6.49. The molecular weight excluding hydrogens is 538 g/mol. The predicted molar refractivity (Wildman–Crippen MR) is 133 cm³/mol. The van der Waals surface area contributed by atoms with Gasteiger partial charge in [-0.3, -0.25) is 14.4 Å². The molecule has 2 rings (SSSR count). The number of rotatable bonds is 9. The first kappa shape index (κ1) is 31.1. The van der Waals surface area contributed by atoms with E-state index in [1.807, 2.05) is 13.8 Å². The molecule has 6 nitrogen and oxygen atoms in total. The number of alkyl halides is 3. The SMILES string of the molecule is CC(=O)N(C(=O)/C=C(\C)C(F)(F)F)c1cc(SC(CC(C)C)C(=O)OCC2CCCCO2)c(Cl)cc1F. The summed E-state index contributed by atoms with van der Waals surface area (Å²) in [6, 6.07) is 1.92. The minimum atomic E-state index is -4.80. The molecule has 0 radical (unpaired) electrons. The van der Waals surface area contributed by atoms with Crippen molar-refractivity contribution in [1.29, 1.82) is 0 Å². The number of esters is 1. The van der Waals surface area contributed by atoms with Crippen molar-refractivity contribution in [2.24, 2.45) is 5.92 Å². The summed E-state index contributed by atoms with van der Waals surface area (Å²) >= 11 is 7.17. The van der Waals surface area contributed by atoms with Crippen LogP contribution in [-0.2, 0) is 23.9 Å². The van der Waals surface area contributed by atoms with E-state index in [1.54, 1.807) is 0 Å². The fourth-order valence-corrected chi connectivity index (χ4v) is 5.12. The van der Waals surface area contributed by atoms with Gasteiger partial charge < -0.3 is 9.47 Å². The van der Waals surface area contributed by atoms with Gasteiger partial charge >= 0.3 is 12.1 Å². The van der Waals surface area contributed by atoms with Crippen LogP contribution in [-0.4, -0.2) is 48.5 Å². The molecule has 0 aliphatic carbocycles. The third kappa shape index (κ3) is 9.30. The van der Waals surface area contributed by atoms with Gasteiger partial charge in [-0.25, -0.2) is 9.29 Å². The Hall–Kier alpha value is -2.11. The van der Waals surface area contributed by atoms with E-state index in [2.05, 4.69) is 0 Å². The highest BCUT2D eigenvalue weighted by Crippen LogP contribution is 2.38. The van der Waals surface area contributed by atoms with Crippen molar-refractivity contribution in [2.45, 2.75) is 75.8 Å². The Morgan fingerprint density at radius 3 is 2.46 bits per heavy atom. The van der Waals surface area contributed by atoms with Crippen LogP contribution in [0.15, 0.2) is 28.7 Å². The summed E-state index contributed by atoms with van der Waals surface area (Å²) in [5.74, 6) is -3.92. The summed E-state index contributed by atoms with van der Waals surface area (Å²) in [5, 5.41) is -0.852. The van der Waals surface area contributed by atoms with Crippen LogP contribution in [0.2, 0.25) is 5.02 Å². The number of amides is 2. The lowest BCUT2D eigenvalue weighted by Gasteiger charge is -2.24. The van der Waals surface area contributed by atoms with Crippen LogP contribution in [0.1, 0.15) is 53.4 Å². The molecule has 1 fully saturated rings. The minimum absolute atomic E-state index is 0.0699. The number of allylic oxidation sites excluding steroid dienone is 1. The highest BCUT2D eigenvalue weighted by Gasteiger charge is 2.33. The van der Waals surface area contributed by atoms with E-state index in [-0.39, 0.29) is 34.6 Å². The second-order valence-corrected chi connectivity index (χ2v) is 10.8. The Morgan fingerprint density at radius 2 is 1.92 bits per heavy atom. The summed E-state index contributed by atoms with van der Waals surface area (Å²) < 4.78 is 64.6. The second-order valence-electron chi connectivity index (χ2n) is 9.11. The van der Waals surface area contributed by atoms with Crippen LogP contribution in [0.5, 0.6) is 0 Å². The number of thioether (sulfide) groups is 1. The molecule has 1 aliphatic rings. The van der Waals surface area contributed by atoms with E-state index in [1.165, 1.54) is 0 Å². The Balaban J connectivity index is 2.34. The average molecular weight is 568 g/mol. The second kappa shape index (κ2) is 13.6. The van der Waals surface area contributed by atoms with E-state index < -0.39 is 46.3 Å². The van der Waals surface area contributed by atoms with Crippen molar-refractivity contribution in [3.63, 3.8) is 0 Å². The number of carbonyl (C=O) groups is 3. The summed E-state index contributed by atoms with van der Waals surface area (Å²) in [4.78, 5) is 38.1. The molecule has 12 heteroatoms. The lowest BCUT2D eigenvalue weighted by atomic mass is 10.1. The maximum Gasteiger partial charge on any atom is 0.412 e. The zero-order valence-corrected chi connectivity index (χ0v) is 22.6. The van der Waals surface area contributed by atoms with Gasteiger partial charge in [-0.05, 0) is 50.7 Å². The number of anilines is 1. The molecule has 0 N–H and O–H groups in total. The largest absolute Gasteiger partial charge is 0.462 e. The highest BCUT2D eigenvalue weighted by atomic mass is 35.5. The van der Waals surface area contributed by atoms with Gasteiger partial charge in [0.2, 0.25) is 5.91 Å². The number of halogens is 5. The third-order valence-electron chi connectivity index (χ3n) is 5.47. The van der Waals surface area contributed by atoms with Gasteiger partial charge in [-0.15, -0.1) is 11.8 Å². The molecule has 2 amide bonds. The zero-order valence-electron chi connectivity index (χ0n) is 21.0. The zero-order chi connectivity index (χ0) is 27.9. The first-order valence-electron chi connectivity index (χ1n) is 11.7. The first-order valence-corrected chi connectivity index (χ1v) is 13.0. The number of nitrogens with zero attached hydrogens (tertiary/aromatic N) is 1. The van der Waals surface area contributed by atoms with Crippen molar-refractivity contribution < 1.29 is 41.4 Å². The maximum atomic E-state index is 14.8.